The van der Waals surface area contributed by atoms with Gasteiger partial charge in [0.05, 0.1) is 17.9 Å². The number of amides is 1. The zero-order valence-electron chi connectivity index (χ0n) is 11.7. The highest BCUT2D eigenvalue weighted by Crippen LogP contribution is 2.22. The van der Waals surface area contributed by atoms with E-state index in [2.05, 4.69) is 5.32 Å². The van der Waals surface area contributed by atoms with Crippen molar-refractivity contribution in [2.45, 2.75) is 36.8 Å². The van der Waals surface area contributed by atoms with Gasteiger partial charge in [-0.1, -0.05) is 12.1 Å². The van der Waals surface area contributed by atoms with Crippen LogP contribution in [0.2, 0.25) is 0 Å². The molecule has 0 bridgehead atoms. The molecule has 1 atom stereocenters. The predicted molar refractivity (Wildman–Crippen MR) is 79.7 cm³/mol. The molecule has 0 radical (unpaired) electrons. The zero-order chi connectivity index (χ0) is 14.5. The average molecular weight is 293 g/mol. The Labute approximate surface area is 123 Å². The summed E-state index contributed by atoms with van der Waals surface area (Å²) in [5.74, 6) is 0.461. The number of esters is 1. The molecule has 1 unspecified atom stereocenters. The van der Waals surface area contributed by atoms with Gasteiger partial charge in [-0.2, -0.15) is 0 Å². The smallest absolute Gasteiger partial charge is 0.337 e. The maximum Gasteiger partial charge on any atom is 0.337 e. The van der Waals surface area contributed by atoms with Crippen molar-refractivity contribution in [3.8, 4) is 0 Å². The third-order valence-corrected chi connectivity index (χ3v) is 4.36. The lowest BCUT2D eigenvalue weighted by Crippen LogP contribution is -2.32. The van der Waals surface area contributed by atoms with Crippen molar-refractivity contribution in [2.24, 2.45) is 0 Å². The molecule has 2 rings (SSSR count). The molecular weight excluding hydrogens is 274 g/mol. The molecule has 1 amide bonds. The first-order valence-corrected chi connectivity index (χ1v) is 7.74. The van der Waals surface area contributed by atoms with Crippen molar-refractivity contribution >= 4 is 23.6 Å². The normalized spacial score (nSPS) is 15.5. The molecule has 0 saturated heterocycles. The fourth-order valence-corrected chi connectivity index (χ4v) is 2.59. The molecule has 1 aliphatic carbocycles. The molecule has 20 heavy (non-hydrogen) atoms. The SMILES string of the molecule is COC(=O)c1cccc(CSC(C)C(=O)NC2CC2)c1. The quantitative estimate of drug-likeness (QED) is 0.818. The van der Waals surface area contributed by atoms with Crippen LogP contribution in [0, 0.1) is 0 Å². The first-order valence-electron chi connectivity index (χ1n) is 6.69. The van der Waals surface area contributed by atoms with Gasteiger partial charge in [-0.05, 0) is 37.5 Å². The second-order valence-electron chi connectivity index (χ2n) is 4.93. The Balaban J connectivity index is 1.86. The van der Waals surface area contributed by atoms with Crippen LogP contribution in [0.15, 0.2) is 24.3 Å². The minimum Gasteiger partial charge on any atom is -0.465 e. The van der Waals surface area contributed by atoms with Crippen molar-refractivity contribution in [3.05, 3.63) is 35.4 Å². The molecule has 1 fully saturated rings. The maximum absolute atomic E-state index is 11.8. The van der Waals surface area contributed by atoms with Gasteiger partial charge < -0.3 is 10.1 Å². The Morgan fingerprint density at radius 3 is 2.85 bits per heavy atom. The monoisotopic (exact) mass is 293 g/mol. The number of hydrogen-bond acceptors (Lipinski definition) is 4. The summed E-state index contributed by atoms with van der Waals surface area (Å²) in [5.41, 5.74) is 1.56. The van der Waals surface area contributed by atoms with Gasteiger partial charge in [-0.15, -0.1) is 11.8 Å². The Kier molecular flexibility index (Phi) is 5.06. The molecule has 1 saturated carbocycles. The fraction of sp³-hybridized carbons (Fsp3) is 0.467. The number of benzene rings is 1. The van der Waals surface area contributed by atoms with Gasteiger partial charge in [-0.25, -0.2) is 4.79 Å². The van der Waals surface area contributed by atoms with Crippen molar-refractivity contribution in [1.82, 2.24) is 5.32 Å². The van der Waals surface area contributed by atoms with Crippen molar-refractivity contribution in [3.63, 3.8) is 0 Å². The lowest BCUT2D eigenvalue weighted by Gasteiger charge is -2.11. The van der Waals surface area contributed by atoms with Gasteiger partial charge in [0.25, 0.3) is 0 Å². The van der Waals surface area contributed by atoms with E-state index >= 15 is 0 Å². The first-order chi connectivity index (χ1) is 9.60. The Morgan fingerprint density at radius 1 is 1.45 bits per heavy atom. The summed E-state index contributed by atoms with van der Waals surface area (Å²) in [4.78, 5) is 23.3. The van der Waals surface area contributed by atoms with Crippen LogP contribution < -0.4 is 5.32 Å². The van der Waals surface area contributed by atoms with E-state index in [0.717, 1.165) is 18.4 Å². The van der Waals surface area contributed by atoms with Crippen LogP contribution in [0.1, 0.15) is 35.7 Å². The van der Waals surface area contributed by atoms with Crippen LogP contribution in [-0.4, -0.2) is 30.3 Å². The molecule has 1 N–H and O–H groups in total. The molecule has 5 heteroatoms. The van der Waals surface area contributed by atoms with Crippen molar-refractivity contribution < 1.29 is 14.3 Å². The van der Waals surface area contributed by atoms with Gasteiger partial charge >= 0.3 is 5.97 Å². The number of thioether (sulfide) groups is 1. The highest BCUT2D eigenvalue weighted by atomic mass is 32.2. The van der Waals surface area contributed by atoms with Crippen molar-refractivity contribution in [2.75, 3.05) is 7.11 Å². The van der Waals surface area contributed by atoms with Gasteiger partial charge in [-0.3, -0.25) is 4.79 Å². The lowest BCUT2D eigenvalue weighted by atomic mass is 10.1. The number of nitrogens with one attached hydrogen (secondary N) is 1. The third-order valence-electron chi connectivity index (χ3n) is 3.14. The number of carbonyl (C=O) groups excluding carboxylic acids is 2. The highest BCUT2D eigenvalue weighted by Gasteiger charge is 2.25. The number of ether oxygens (including phenoxy) is 1. The van der Waals surface area contributed by atoms with Crippen LogP contribution in [0.3, 0.4) is 0 Å². The molecule has 1 aromatic rings. The van der Waals surface area contributed by atoms with Crippen LogP contribution in [-0.2, 0) is 15.3 Å². The zero-order valence-corrected chi connectivity index (χ0v) is 12.5. The van der Waals surface area contributed by atoms with E-state index in [1.54, 1.807) is 17.8 Å². The molecule has 0 aromatic heterocycles. The molecule has 1 aromatic carbocycles. The Hall–Kier alpha value is -1.49. The average Bonchev–Trinajstić information content (AvgIpc) is 3.28. The molecule has 1 aliphatic rings. The number of methoxy groups -OCH3 is 1. The molecule has 108 valence electrons. The minimum atomic E-state index is -0.337. The fourth-order valence-electron chi connectivity index (χ4n) is 1.75. The van der Waals surface area contributed by atoms with E-state index in [4.69, 9.17) is 4.74 Å². The second-order valence-corrected chi connectivity index (χ2v) is 6.26. The lowest BCUT2D eigenvalue weighted by molar-refractivity contribution is -0.120. The molecular formula is C15H19NO3S. The van der Waals surface area contributed by atoms with Crippen LogP contribution in [0.4, 0.5) is 0 Å². The molecule has 0 aliphatic heterocycles. The number of hydrogen-bond donors (Lipinski definition) is 1. The first kappa shape index (κ1) is 14.9. The Bertz CT molecular complexity index is 500. The Morgan fingerprint density at radius 2 is 2.20 bits per heavy atom. The minimum absolute atomic E-state index is 0.0858. The molecule has 0 spiro atoms. The van der Waals surface area contributed by atoms with E-state index in [1.807, 2.05) is 25.1 Å². The second kappa shape index (κ2) is 6.79. The summed E-state index contributed by atoms with van der Waals surface area (Å²) >= 11 is 1.57. The van der Waals surface area contributed by atoms with Gasteiger partial charge in [0.2, 0.25) is 5.91 Å². The summed E-state index contributed by atoms with van der Waals surface area (Å²) < 4.78 is 4.70. The highest BCUT2D eigenvalue weighted by molar-refractivity contribution is 7.99. The van der Waals surface area contributed by atoms with Gasteiger partial charge in [0.1, 0.15) is 0 Å². The van der Waals surface area contributed by atoms with Crippen LogP contribution in [0.5, 0.6) is 0 Å². The van der Waals surface area contributed by atoms with Gasteiger partial charge in [0, 0.05) is 11.8 Å². The van der Waals surface area contributed by atoms with E-state index in [1.165, 1.54) is 7.11 Å². The van der Waals surface area contributed by atoms with E-state index in [-0.39, 0.29) is 17.1 Å². The topological polar surface area (TPSA) is 55.4 Å². The predicted octanol–water partition coefficient (Wildman–Crippen LogP) is 2.37. The standard InChI is InChI=1S/C15H19NO3S/c1-10(14(17)16-13-6-7-13)20-9-11-4-3-5-12(8-11)15(18)19-2/h3-5,8,10,13H,6-7,9H2,1-2H3,(H,16,17). The number of rotatable bonds is 6. The van der Waals surface area contributed by atoms with Crippen molar-refractivity contribution in [1.29, 1.82) is 0 Å². The van der Waals surface area contributed by atoms with E-state index in [0.29, 0.717) is 17.4 Å². The summed E-state index contributed by atoms with van der Waals surface area (Å²) in [6, 6.07) is 7.71. The summed E-state index contributed by atoms with van der Waals surface area (Å²) in [6.45, 7) is 1.91. The van der Waals surface area contributed by atoms with Gasteiger partial charge in [0.15, 0.2) is 0 Å². The third kappa shape index (κ3) is 4.27. The molecule has 4 nitrogen and oxygen atoms in total. The van der Waals surface area contributed by atoms with Crippen LogP contribution in [0.25, 0.3) is 0 Å². The maximum atomic E-state index is 11.8. The summed E-state index contributed by atoms with van der Waals surface area (Å²) in [6.07, 6.45) is 2.20. The summed E-state index contributed by atoms with van der Waals surface area (Å²) in [7, 11) is 1.37. The van der Waals surface area contributed by atoms with Crippen LogP contribution >= 0.6 is 11.8 Å². The van der Waals surface area contributed by atoms with E-state index < -0.39 is 0 Å². The summed E-state index contributed by atoms with van der Waals surface area (Å²) in [5, 5.41) is 2.91. The molecule has 0 heterocycles. The number of carbonyl (C=O) groups is 2. The van der Waals surface area contributed by atoms with E-state index in [9.17, 15) is 9.59 Å². The largest absolute Gasteiger partial charge is 0.465 e.